The van der Waals surface area contributed by atoms with Crippen LogP contribution in [0, 0.1) is 0 Å². The van der Waals surface area contributed by atoms with Crippen molar-refractivity contribution in [3.63, 3.8) is 0 Å². The van der Waals surface area contributed by atoms with Gasteiger partial charge in [-0.3, -0.25) is 0 Å². The summed E-state index contributed by atoms with van der Waals surface area (Å²) < 4.78 is 0. The first-order valence-corrected chi connectivity index (χ1v) is 5.46. The van der Waals surface area contributed by atoms with Crippen molar-refractivity contribution in [1.82, 2.24) is 4.90 Å². The Morgan fingerprint density at radius 2 is 1.71 bits per heavy atom. The van der Waals surface area contributed by atoms with Crippen molar-refractivity contribution < 1.29 is 0 Å². The van der Waals surface area contributed by atoms with Crippen molar-refractivity contribution in [1.29, 1.82) is 0 Å². The van der Waals surface area contributed by atoms with Gasteiger partial charge < -0.3 is 4.90 Å². The van der Waals surface area contributed by atoms with Crippen LogP contribution in [0.4, 0.5) is 0 Å². The zero-order valence-corrected chi connectivity index (χ0v) is 9.96. The third-order valence-corrected chi connectivity index (χ3v) is 3.05. The molecule has 0 unspecified atom stereocenters. The van der Waals surface area contributed by atoms with Crippen molar-refractivity contribution in [2.45, 2.75) is 10.8 Å². The predicted molar refractivity (Wildman–Crippen MR) is 63.2 cm³/mol. The molecule has 0 aromatic heterocycles. The Kier molecular flexibility index (Phi) is 4.73. The molecule has 1 nitrogen and oxygen atoms in total. The zero-order valence-electron chi connectivity index (χ0n) is 8.45. The first kappa shape index (κ1) is 11.8. The van der Waals surface area contributed by atoms with E-state index in [0.717, 1.165) is 12.1 Å². The van der Waals surface area contributed by atoms with Crippen LogP contribution < -0.4 is 0 Å². The molecule has 1 rings (SSSR count). The molecule has 0 aliphatic rings. The van der Waals surface area contributed by atoms with Crippen LogP contribution in [0.1, 0.15) is 10.9 Å². The van der Waals surface area contributed by atoms with Crippen LogP contribution in [-0.4, -0.2) is 30.9 Å². The maximum absolute atomic E-state index is 6.24. The molecule has 3 heteroatoms. The lowest BCUT2D eigenvalue weighted by atomic mass is 10.1. The van der Waals surface area contributed by atoms with Gasteiger partial charge in [0.15, 0.2) is 0 Å². The quantitative estimate of drug-likeness (QED) is 0.721. The monoisotopic (exact) mass is 231 g/mol. The van der Waals surface area contributed by atoms with Crippen LogP contribution in [0.3, 0.4) is 0 Å². The smallest absolute Gasteiger partial charge is 0.0761 e. The number of hydrogen-bond donors (Lipinski definition) is 0. The second-order valence-corrected chi connectivity index (χ2v) is 4.62. The molecule has 0 N–H and O–H groups in total. The van der Waals surface area contributed by atoms with Crippen molar-refractivity contribution in [2.75, 3.05) is 20.6 Å². The topological polar surface area (TPSA) is 3.24 Å². The van der Waals surface area contributed by atoms with Crippen molar-refractivity contribution in [3.8, 4) is 0 Å². The van der Waals surface area contributed by atoms with Gasteiger partial charge in [-0.1, -0.05) is 30.3 Å². The summed E-state index contributed by atoms with van der Waals surface area (Å²) in [6.45, 7) is 0.782. The van der Waals surface area contributed by atoms with E-state index in [1.54, 1.807) is 0 Å². The van der Waals surface area contributed by atoms with Crippen molar-refractivity contribution in [2.24, 2.45) is 0 Å². The average Bonchev–Trinajstić information content (AvgIpc) is 2.17. The van der Waals surface area contributed by atoms with E-state index < -0.39 is 0 Å². The molecule has 1 aromatic carbocycles. The van der Waals surface area contributed by atoms with Gasteiger partial charge in [-0.05, 0) is 19.7 Å². The van der Waals surface area contributed by atoms with Crippen LogP contribution in [0.15, 0.2) is 30.3 Å². The first-order valence-electron chi connectivity index (χ1n) is 4.59. The van der Waals surface area contributed by atoms with E-state index in [-0.39, 0.29) is 10.8 Å². The largest absolute Gasteiger partial charge is 0.308 e. The number of hydrogen-bond acceptors (Lipinski definition) is 1. The molecule has 0 saturated carbocycles. The second-order valence-electron chi connectivity index (χ2n) is 3.59. The summed E-state index contributed by atoms with van der Waals surface area (Å²) in [5.74, 6) is 0. The highest BCUT2D eigenvalue weighted by molar-refractivity contribution is 6.30. The highest BCUT2D eigenvalue weighted by Gasteiger charge is 2.18. The molecule has 0 fully saturated rings. The average molecular weight is 232 g/mol. The molecular formula is C11H15Cl2N. The summed E-state index contributed by atoms with van der Waals surface area (Å²) in [5, 5.41) is -0.186. The normalized spacial score (nSPS) is 15.5. The number of rotatable bonds is 4. The third-order valence-electron chi connectivity index (χ3n) is 1.98. The molecule has 0 saturated heterocycles. The third kappa shape index (κ3) is 3.49. The molecule has 1 aromatic rings. The van der Waals surface area contributed by atoms with Crippen molar-refractivity contribution >= 4 is 23.2 Å². The fraction of sp³-hybridized carbons (Fsp3) is 0.455. The Morgan fingerprint density at radius 1 is 1.14 bits per heavy atom. The molecule has 14 heavy (non-hydrogen) atoms. The van der Waals surface area contributed by atoms with Crippen LogP contribution in [0.2, 0.25) is 0 Å². The van der Waals surface area contributed by atoms with Crippen LogP contribution in [-0.2, 0) is 0 Å². The van der Waals surface area contributed by atoms with Crippen molar-refractivity contribution in [3.05, 3.63) is 35.9 Å². The van der Waals surface area contributed by atoms with E-state index in [1.807, 2.05) is 49.3 Å². The lowest BCUT2D eigenvalue weighted by Crippen LogP contribution is -2.25. The van der Waals surface area contributed by atoms with E-state index >= 15 is 0 Å². The van der Waals surface area contributed by atoms with E-state index in [1.165, 1.54) is 0 Å². The molecule has 0 aliphatic heterocycles. The molecular weight excluding hydrogens is 217 g/mol. The minimum atomic E-state index is -0.125. The summed E-state index contributed by atoms with van der Waals surface area (Å²) in [4.78, 5) is 2.04. The van der Waals surface area contributed by atoms with Gasteiger partial charge in [0.2, 0.25) is 0 Å². The van der Waals surface area contributed by atoms with Gasteiger partial charge in [-0.15, -0.1) is 23.2 Å². The Morgan fingerprint density at radius 3 is 2.21 bits per heavy atom. The minimum absolute atomic E-state index is 0.0610. The van der Waals surface area contributed by atoms with E-state index in [4.69, 9.17) is 23.2 Å². The first-order chi connectivity index (χ1) is 6.61. The van der Waals surface area contributed by atoms with Gasteiger partial charge in [0.05, 0.1) is 10.8 Å². The molecule has 0 bridgehead atoms. The molecule has 0 amide bonds. The molecule has 78 valence electrons. The maximum Gasteiger partial charge on any atom is 0.0761 e. The Balaban J connectivity index is 2.61. The van der Waals surface area contributed by atoms with Gasteiger partial charge in [0.25, 0.3) is 0 Å². The van der Waals surface area contributed by atoms with Crippen LogP contribution in [0.25, 0.3) is 0 Å². The zero-order chi connectivity index (χ0) is 10.6. The van der Waals surface area contributed by atoms with E-state index in [0.29, 0.717) is 0 Å². The van der Waals surface area contributed by atoms with Crippen LogP contribution in [0.5, 0.6) is 0 Å². The maximum atomic E-state index is 6.24. The standard InChI is InChI=1S/C11H15Cl2N/c1-14(2)8-10(12)11(13)9-6-4-3-5-7-9/h3-7,10-11H,8H2,1-2H3/t10-,11-/m0/s1. The summed E-state index contributed by atoms with van der Waals surface area (Å²) in [6, 6.07) is 9.93. The van der Waals surface area contributed by atoms with Gasteiger partial charge >= 0.3 is 0 Å². The predicted octanol–water partition coefficient (Wildman–Crippen LogP) is 3.14. The Labute approximate surface area is 95.6 Å². The molecule has 2 atom stereocenters. The molecule has 0 spiro atoms. The van der Waals surface area contributed by atoms with E-state index in [9.17, 15) is 0 Å². The Hall–Kier alpha value is -0.240. The number of halogens is 2. The Bertz CT molecular complexity index is 261. The number of alkyl halides is 2. The summed E-state index contributed by atoms with van der Waals surface area (Å²) in [7, 11) is 3.98. The molecule has 0 heterocycles. The molecule has 0 aliphatic carbocycles. The second kappa shape index (κ2) is 5.59. The molecule has 0 radical (unpaired) electrons. The minimum Gasteiger partial charge on any atom is -0.308 e. The van der Waals surface area contributed by atoms with E-state index in [2.05, 4.69) is 0 Å². The number of nitrogens with zero attached hydrogens (tertiary/aromatic N) is 1. The fourth-order valence-electron chi connectivity index (χ4n) is 1.29. The fourth-order valence-corrected chi connectivity index (χ4v) is 1.93. The van der Waals surface area contributed by atoms with Gasteiger partial charge in [0.1, 0.15) is 0 Å². The van der Waals surface area contributed by atoms with Gasteiger partial charge in [0, 0.05) is 6.54 Å². The van der Waals surface area contributed by atoms with Gasteiger partial charge in [-0.25, -0.2) is 0 Å². The highest BCUT2D eigenvalue weighted by atomic mass is 35.5. The SMILES string of the molecule is CN(C)C[C@H](Cl)[C@@H](Cl)c1ccccc1. The van der Waals surface area contributed by atoms with Crippen LogP contribution >= 0.6 is 23.2 Å². The number of benzene rings is 1. The summed E-state index contributed by atoms with van der Waals surface area (Å²) in [6.07, 6.45) is 0. The lowest BCUT2D eigenvalue weighted by molar-refractivity contribution is 0.401. The highest BCUT2D eigenvalue weighted by Crippen LogP contribution is 2.27. The van der Waals surface area contributed by atoms with Gasteiger partial charge in [-0.2, -0.15) is 0 Å². The summed E-state index contributed by atoms with van der Waals surface area (Å²) in [5.41, 5.74) is 1.08. The lowest BCUT2D eigenvalue weighted by Gasteiger charge is -2.19. The summed E-state index contributed by atoms with van der Waals surface area (Å²) >= 11 is 12.4.